The number of para-hydroxylation sites is 4. The van der Waals surface area contributed by atoms with E-state index in [1.54, 1.807) is 0 Å². The SMILES string of the molecule is [2H]c1c([2H])c([2H])c2c(oc3c(-c4c([2H])c([2H])c5c(sc6c([2H])c([2H])c([2H])c(-n7c8c([2H])c([2H])c([2H])c([2H])c8c8c([2H])c([2H])c([2H])c([2H])c87)c65)c4[2H])c([2H])c([2H])c([2H])c32)c1[2H]. The van der Waals surface area contributed by atoms with E-state index >= 15 is 0 Å². The fraction of sp³-hybridized carbons (Fsp3) is 0. The van der Waals surface area contributed by atoms with Gasteiger partial charge in [-0.2, -0.15) is 0 Å². The van der Waals surface area contributed by atoms with E-state index < -0.39 is 166 Å². The number of rotatable bonds is 2. The highest BCUT2D eigenvalue weighted by atomic mass is 32.1. The zero-order valence-electron chi connectivity index (χ0n) is 40.3. The monoisotopic (exact) mass is 536 g/mol. The van der Waals surface area contributed by atoms with Crippen molar-refractivity contribution in [3.63, 3.8) is 0 Å². The van der Waals surface area contributed by atoms with Gasteiger partial charge in [0.2, 0.25) is 0 Å². The zero-order chi connectivity index (χ0) is 43.8. The first-order valence-corrected chi connectivity index (χ1v) is 12.3. The molecule has 0 fully saturated rings. The minimum atomic E-state index is -0.774. The van der Waals surface area contributed by atoms with Crippen molar-refractivity contribution in [2.45, 2.75) is 0 Å². The third-order valence-electron chi connectivity index (χ3n) is 6.50. The molecule has 0 amide bonds. The molecular weight excluding hydrogens is 494 g/mol. The molecule has 39 heavy (non-hydrogen) atoms. The molecule has 9 aromatic rings. The molecule has 9 rings (SSSR count). The molecule has 0 radical (unpaired) electrons. The fourth-order valence-electron chi connectivity index (χ4n) is 4.87. The summed E-state index contributed by atoms with van der Waals surface area (Å²) < 4.78 is 191. The molecule has 0 unspecified atom stereocenters. The lowest BCUT2D eigenvalue weighted by molar-refractivity contribution is 0.670. The van der Waals surface area contributed by atoms with E-state index in [1.807, 2.05) is 0 Å². The van der Waals surface area contributed by atoms with Crippen LogP contribution in [0.5, 0.6) is 0 Å². The molecule has 0 aliphatic carbocycles. The zero-order valence-corrected chi connectivity index (χ0v) is 20.1. The van der Waals surface area contributed by atoms with Crippen LogP contribution < -0.4 is 0 Å². The van der Waals surface area contributed by atoms with Gasteiger partial charge in [0.05, 0.1) is 45.5 Å². The Bertz CT molecular complexity index is 3490. The standard InChI is InChI=1S/C36H21NOS/c1-4-14-29-24(9-1)25-10-2-5-15-30(25)37(29)31-16-8-18-33-35(31)28-20-19-22(21-34(28)39-33)23-12-7-13-27-26-11-3-6-17-32(26)38-36(23)27/h1-21H/i1D,2D,3D,4D,5D,6D,7D,8D,9D,10D,11D,12D,13D,14D,15D,16D,17D,18D,19D,20D,21D. The first-order chi connectivity index (χ1) is 28.1. The quantitative estimate of drug-likeness (QED) is 0.215. The number of hydrogen-bond donors (Lipinski definition) is 0. The topological polar surface area (TPSA) is 18.1 Å². The fourth-order valence-corrected chi connectivity index (χ4v) is 5.89. The van der Waals surface area contributed by atoms with E-state index in [0.29, 0.717) is 11.3 Å². The van der Waals surface area contributed by atoms with Crippen molar-refractivity contribution in [1.82, 2.24) is 4.57 Å². The van der Waals surface area contributed by atoms with Gasteiger partial charge in [-0.15, -0.1) is 11.3 Å². The second kappa shape index (κ2) is 7.83. The Morgan fingerprint density at radius 1 is 0.564 bits per heavy atom. The second-order valence-corrected chi connectivity index (χ2v) is 9.55. The Morgan fingerprint density at radius 3 is 2.08 bits per heavy atom. The number of furan rings is 1. The summed E-state index contributed by atoms with van der Waals surface area (Å²) in [6.07, 6.45) is 0. The van der Waals surface area contributed by atoms with Gasteiger partial charge in [0.15, 0.2) is 0 Å². The van der Waals surface area contributed by atoms with Crippen molar-refractivity contribution in [3.05, 3.63) is 127 Å². The molecular formula is C36H21NOS. The van der Waals surface area contributed by atoms with E-state index in [0.717, 1.165) is 4.57 Å². The summed E-state index contributed by atoms with van der Waals surface area (Å²) in [5.41, 5.74) is -3.04. The van der Waals surface area contributed by atoms with E-state index in [1.165, 1.54) is 0 Å². The van der Waals surface area contributed by atoms with Crippen LogP contribution in [-0.4, -0.2) is 4.57 Å². The molecule has 182 valence electrons. The minimum Gasteiger partial charge on any atom is -0.455 e. The number of aromatic nitrogens is 1. The van der Waals surface area contributed by atoms with Crippen LogP contribution in [0.4, 0.5) is 0 Å². The normalized spacial score (nSPS) is 19.6. The maximum Gasteiger partial charge on any atom is 0.143 e. The van der Waals surface area contributed by atoms with Gasteiger partial charge in [0, 0.05) is 47.3 Å². The minimum absolute atomic E-state index is 0.150. The van der Waals surface area contributed by atoms with Crippen LogP contribution in [0.2, 0.25) is 0 Å². The Labute approximate surface area is 257 Å². The largest absolute Gasteiger partial charge is 0.455 e. The van der Waals surface area contributed by atoms with E-state index in [9.17, 15) is 5.48 Å². The number of benzene rings is 6. The molecule has 0 bridgehead atoms. The highest BCUT2D eigenvalue weighted by Crippen LogP contribution is 2.43. The van der Waals surface area contributed by atoms with Crippen molar-refractivity contribution in [2.75, 3.05) is 0 Å². The molecule has 0 spiro atoms. The van der Waals surface area contributed by atoms with E-state index in [2.05, 4.69) is 0 Å². The number of hydrogen-bond acceptors (Lipinski definition) is 2. The molecule has 0 saturated heterocycles. The molecule has 3 aromatic heterocycles. The maximum absolute atomic E-state index is 9.52. The van der Waals surface area contributed by atoms with Crippen molar-refractivity contribution in [2.24, 2.45) is 0 Å². The lowest BCUT2D eigenvalue weighted by atomic mass is 10.0. The summed E-state index contributed by atoms with van der Waals surface area (Å²) >= 11 is 0.668. The van der Waals surface area contributed by atoms with Gasteiger partial charge in [-0.3, -0.25) is 0 Å². The lowest BCUT2D eigenvalue weighted by Crippen LogP contribution is -1.94. The number of thiophene rings is 1. The Hall–Kier alpha value is -4.86. The first-order valence-electron chi connectivity index (χ1n) is 22.0. The van der Waals surface area contributed by atoms with Gasteiger partial charge < -0.3 is 8.98 Å². The number of nitrogens with zero attached hydrogens (tertiary/aromatic N) is 1. The van der Waals surface area contributed by atoms with Crippen LogP contribution in [0.25, 0.3) is 80.7 Å². The lowest BCUT2D eigenvalue weighted by Gasteiger charge is -2.10. The van der Waals surface area contributed by atoms with Crippen molar-refractivity contribution >= 4 is 75.3 Å². The maximum atomic E-state index is 9.52. The van der Waals surface area contributed by atoms with Gasteiger partial charge in [-0.05, 0) is 41.8 Å². The average Bonchev–Trinajstić information content (AvgIpc) is 3.92. The molecule has 0 saturated carbocycles. The molecule has 2 nitrogen and oxygen atoms in total. The summed E-state index contributed by atoms with van der Waals surface area (Å²) in [4.78, 5) is 0. The third-order valence-corrected chi connectivity index (χ3v) is 7.52. The molecule has 3 heteroatoms. The highest BCUT2D eigenvalue weighted by molar-refractivity contribution is 7.26. The van der Waals surface area contributed by atoms with Crippen molar-refractivity contribution in [3.8, 4) is 16.8 Å². The summed E-state index contributed by atoms with van der Waals surface area (Å²) in [7, 11) is 0. The molecule has 6 aromatic carbocycles. The van der Waals surface area contributed by atoms with E-state index in [4.69, 9.17) is 27.7 Å². The summed E-state index contributed by atoms with van der Waals surface area (Å²) in [5.74, 6) is 0. The Kier molecular flexibility index (Phi) is 1.89. The van der Waals surface area contributed by atoms with Gasteiger partial charge >= 0.3 is 0 Å². The predicted molar refractivity (Wildman–Crippen MR) is 166 cm³/mol. The average molecular weight is 537 g/mol. The molecule has 0 N–H and O–H groups in total. The van der Waals surface area contributed by atoms with E-state index in [-0.39, 0.29) is 41.7 Å². The van der Waals surface area contributed by atoms with Gasteiger partial charge in [0.1, 0.15) is 11.2 Å². The predicted octanol–water partition coefficient (Wildman–Crippen LogP) is 10.7. The van der Waals surface area contributed by atoms with Crippen LogP contribution in [-0.2, 0) is 0 Å². The van der Waals surface area contributed by atoms with Gasteiger partial charge in [-0.1, -0.05) is 90.6 Å². The van der Waals surface area contributed by atoms with Crippen LogP contribution in [0, 0.1) is 0 Å². The smallest absolute Gasteiger partial charge is 0.143 e. The van der Waals surface area contributed by atoms with Crippen LogP contribution in [0.3, 0.4) is 0 Å². The Balaban J connectivity index is 1.52. The summed E-state index contributed by atoms with van der Waals surface area (Å²) in [6, 6.07) is -14.5. The Morgan fingerprint density at radius 2 is 1.26 bits per heavy atom. The van der Waals surface area contributed by atoms with Crippen LogP contribution in [0.15, 0.2) is 131 Å². The van der Waals surface area contributed by atoms with Crippen molar-refractivity contribution < 1.29 is 33.2 Å². The molecule has 0 aliphatic heterocycles. The summed E-state index contributed by atoms with van der Waals surface area (Å²) in [5, 5.41) is -1.75. The highest BCUT2D eigenvalue weighted by Gasteiger charge is 2.18. The second-order valence-electron chi connectivity index (χ2n) is 8.53. The van der Waals surface area contributed by atoms with Crippen LogP contribution >= 0.6 is 11.3 Å². The van der Waals surface area contributed by atoms with Crippen LogP contribution in [0.1, 0.15) is 28.8 Å². The molecule has 3 heterocycles. The summed E-state index contributed by atoms with van der Waals surface area (Å²) in [6.45, 7) is 0. The number of fused-ring (bicyclic) bond motifs is 9. The molecule has 0 aliphatic rings. The van der Waals surface area contributed by atoms with Crippen molar-refractivity contribution in [1.29, 1.82) is 0 Å². The van der Waals surface area contributed by atoms with Gasteiger partial charge in [-0.25, -0.2) is 0 Å². The third kappa shape index (κ3) is 2.91. The first kappa shape index (κ1) is 9.41. The molecule has 0 atom stereocenters. The van der Waals surface area contributed by atoms with Gasteiger partial charge in [0.25, 0.3) is 0 Å².